The van der Waals surface area contributed by atoms with Crippen LogP contribution in [0.1, 0.15) is 46.0 Å². The smallest absolute Gasteiger partial charge is 0.225 e. The van der Waals surface area contributed by atoms with E-state index in [0.29, 0.717) is 5.91 Å². The summed E-state index contributed by atoms with van der Waals surface area (Å²) in [5, 5.41) is 9.11. The minimum atomic E-state index is 0.0165. The first-order chi connectivity index (χ1) is 9.65. The molecule has 1 aliphatic carbocycles. The van der Waals surface area contributed by atoms with Crippen LogP contribution in [0.3, 0.4) is 0 Å². The third kappa shape index (κ3) is 3.52. The first kappa shape index (κ1) is 15.3. The Morgan fingerprint density at radius 2 is 1.80 bits per heavy atom. The van der Waals surface area contributed by atoms with Gasteiger partial charge in [0.25, 0.3) is 0 Å². The van der Waals surface area contributed by atoms with Crippen molar-refractivity contribution in [1.29, 1.82) is 5.26 Å². The number of nitriles is 1. The number of carbonyl (C=O) groups excluding carboxylic acids is 1. The van der Waals surface area contributed by atoms with Crippen molar-refractivity contribution in [2.45, 2.75) is 52.0 Å². The molecule has 0 aromatic heterocycles. The van der Waals surface area contributed by atoms with Gasteiger partial charge in [0.1, 0.15) is 0 Å². The summed E-state index contributed by atoms with van der Waals surface area (Å²) in [6.07, 6.45) is 5.39. The highest BCUT2D eigenvalue weighted by molar-refractivity contribution is 5.79. The van der Waals surface area contributed by atoms with E-state index in [2.05, 4.69) is 24.8 Å². The molecule has 2 aliphatic rings. The van der Waals surface area contributed by atoms with E-state index in [9.17, 15) is 4.79 Å². The van der Waals surface area contributed by atoms with Crippen molar-refractivity contribution in [3.05, 3.63) is 0 Å². The average molecular weight is 277 g/mol. The second-order valence-electron chi connectivity index (χ2n) is 6.37. The Hall–Kier alpha value is -1.08. The average Bonchev–Trinajstić information content (AvgIpc) is 2.49. The third-order valence-corrected chi connectivity index (χ3v) is 4.97. The van der Waals surface area contributed by atoms with Crippen molar-refractivity contribution >= 4 is 5.91 Å². The Kier molecular flexibility index (Phi) is 5.42. The number of hydrogen-bond acceptors (Lipinski definition) is 3. The normalized spacial score (nSPS) is 29.8. The molecule has 1 unspecified atom stereocenters. The SMILES string of the molecule is CCC(C#N)N1CCN(C(=O)C2CCC(C)CC2)CC1. The molecule has 1 saturated heterocycles. The van der Waals surface area contributed by atoms with Crippen molar-refractivity contribution in [2.24, 2.45) is 11.8 Å². The number of piperazine rings is 1. The summed E-state index contributed by atoms with van der Waals surface area (Å²) in [6.45, 7) is 7.62. The van der Waals surface area contributed by atoms with Crippen molar-refractivity contribution in [3.63, 3.8) is 0 Å². The molecule has 0 aromatic carbocycles. The first-order valence-corrected chi connectivity index (χ1v) is 8.08. The van der Waals surface area contributed by atoms with Gasteiger partial charge < -0.3 is 4.90 Å². The van der Waals surface area contributed by atoms with Gasteiger partial charge in [0, 0.05) is 32.1 Å². The molecular formula is C16H27N3O. The van der Waals surface area contributed by atoms with Gasteiger partial charge >= 0.3 is 0 Å². The monoisotopic (exact) mass is 277 g/mol. The van der Waals surface area contributed by atoms with Crippen molar-refractivity contribution < 1.29 is 4.79 Å². The van der Waals surface area contributed by atoms with Gasteiger partial charge in [-0.1, -0.05) is 13.8 Å². The molecule has 4 heteroatoms. The molecule has 1 saturated carbocycles. The Labute approximate surface area is 122 Å². The Bertz CT molecular complexity index is 360. The molecule has 1 aliphatic heterocycles. The summed E-state index contributed by atoms with van der Waals surface area (Å²) in [7, 11) is 0. The lowest BCUT2D eigenvalue weighted by atomic mass is 9.82. The van der Waals surface area contributed by atoms with E-state index >= 15 is 0 Å². The fourth-order valence-electron chi connectivity index (χ4n) is 3.45. The van der Waals surface area contributed by atoms with E-state index in [4.69, 9.17) is 5.26 Å². The summed E-state index contributed by atoms with van der Waals surface area (Å²) < 4.78 is 0. The van der Waals surface area contributed by atoms with Gasteiger partial charge in [0.15, 0.2) is 0 Å². The molecule has 0 spiro atoms. The lowest BCUT2D eigenvalue weighted by Gasteiger charge is -2.39. The van der Waals surface area contributed by atoms with Gasteiger partial charge in [0.2, 0.25) is 5.91 Å². The highest BCUT2D eigenvalue weighted by Gasteiger charge is 2.31. The highest BCUT2D eigenvalue weighted by atomic mass is 16.2. The van der Waals surface area contributed by atoms with E-state index in [0.717, 1.165) is 51.4 Å². The van der Waals surface area contributed by atoms with Crippen LogP contribution in [0.2, 0.25) is 0 Å². The van der Waals surface area contributed by atoms with E-state index in [1.165, 1.54) is 12.8 Å². The van der Waals surface area contributed by atoms with E-state index in [1.807, 2.05) is 4.90 Å². The quantitative estimate of drug-likeness (QED) is 0.795. The van der Waals surface area contributed by atoms with Crippen LogP contribution < -0.4 is 0 Å². The van der Waals surface area contributed by atoms with Gasteiger partial charge in [-0.15, -0.1) is 0 Å². The molecule has 1 atom stereocenters. The molecule has 0 N–H and O–H groups in total. The Morgan fingerprint density at radius 1 is 1.20 bits per heavy atom. The van der Waals surface area contributed by atoms with Gasteiger partial charge in [-0.3, -0.25) is 9.69 Å². The second-order valence-corrected chi connectivity index (χ2v) is 6.37. The van der Waals surface area contributed by atoms with Crippen LogP contribution in [0.15, 0.2) is 0 Å². The molecule has 0 radical (unpaired) electrons. The van der Waals surface area contributed by atoms with Gasteiger partial charge in [-0.2, -0.15) is 5.26 Å². The van der Waals surface area contributed by atoms with Gasteiger partial charge in [-0.25, -0.2) is 0 Å². The molecule has 4 nitrogen and oxygen atoms in total. The highest BCUT2D eigenvalue weighted by Crippen LogP contribution is 2.29. The Balaban J connectivity index is 1.81. The predicted octanol–water partition coefficient (Wildman–Crippen LogP) is 2.26. The first-order valence-electron chi connectivity index (χ1n) is 8.08. The van der Waals surface area contributed by atoms with Crippen LogP contribution in [-0.2, 0) is 4.79 Å². The molecule has 1 heterocycles. The van der Waals surface area contributed by atoms with Crippen LogP contribution in [-0.4, -0.2) is 47.9 Å². The molecule has 0 aromatic rings. The topological polar surface area (TPSA) is 47.3 Å². The summed E-state index contributed by atoms with van der Waals surface area (Å²) in [6, 6.07) is 2.37. The van der Waals surface area contributed by atoms with E-state index < -0.39 is 0 Å². The summed E-state index contributed by atoms with van der Waals surface area (Å²) >= 11 is 0. The lowest BCUT2D eigenvalue weighted by Crippen LogP contribution is -2.53. The largest absolute Gasteiger partial charge is 0.340 e. The minimum absolute atomic E-state index is 0.0165. The third-order valence-electron chi connectivity index (χ3n) is 4.97. The standard InChI is InChI=1S/C16H27N3O/c1-3-15(12-17)18-8-10-19(11-9-18)16(20)14-6-4-13(2)5-7-14/h13-15H,3-11H2,1-2H3. The van der Waals surface area contributed by atoms with E-state index in [1.54, 1.807) is 0 Å². The molecule has 0 bridgehead atoms. The number of amides is 1. The lowest BCUT2D eigenvalue weighted by molar-refractivity contribution is -0.138. The maximum Gasteiger partial charge on any atom is 0.225 e. The molecule has 2 rings (SSSR count). The molecule has 112 valence electrons. The zero-order chi connectivity index (χ0) is 14.5. The van der Waals surface area contributed by atoms with Crippen LogP contribution in [0.5, 0.6) is 0 Å². The van der Waals surface area contributed by atoms with Crippen LogP contribution in [0, 0.1) is 23.2 Å². The number of rotatable bonds is 3. The fourth-order valence-corrected chi connectivity index (χ4v) is 3.45. The van der Waals surface area contributed by atoms with Gasteiger partial charge in [0.05, 0.1) is 12.1 Å². The minimum Gasteiger partial charge on any atom is -0.340 e. The molecule has 20 heavy (non-hydrogen) atoms. The predicted molar refractivity (Wildman–Crippen MR) is 79.0 cm³/mol. The zero-order valence-electron chi connectivity index (χ0n) is 12.8. The zero-order valence-corrected chi connectivity index (χ0v) is 12.8. The van der Waals surface area contributed by atoms with Crippen LogP contribution in [0.4, 0.5) is 0 Å². The summed E-state index contributed by atoms with van der Waals surface area (Å²) in [5.74, 6) is 1.41. The Morgan fingerprint density at radius 3 is 2.30 bits per heavy atom. The number of hydrogen-bond donors (Lipinski definition) is 0. The second kappa shape index (κ2) is 7.08. The number of carbonyl (C=O) groups is 1. The van der Waals surface area contributed by atoms with Crippen molar-refractivity contribution in [1.82, 2.24) is 9.80 Å². The fraction of sp³-hybridized carbons (Fsp3) is 0.875. The summed E-state index contributed by atoms with van der Waals surface area (Å²) in [4.78, 5) is 16.8. The van der Waals surface area contributed by atoms with Crippen LogP contribution in [0.25, 0.3) is 0 Å². The van der Waals surface area contributed by atoms with Crippen LogP contribution >= 0.6 is 0 Å². The maximum atomic E-state index is 12.5. The number of nitrogens with zero attached hydrogens (tertiary/aromatic N) is 3. The van der Waals surface area contributed by atoms with Crippen molar-refractivity contribution in [3.8, 4) is 6.07 Å². The molecule has 2 fully saturated rings. The van der Waals surface area contributed by atoms with E-state index in [-0.39, 0.29) is 12.0 Å². The summed E-state index contributed by atoms with van der Waals surface area (Å²) in [5.41, 5.74) is 0. The molecule has 1 amide bonds. The maximum absolute atomic E-state index is 12.5. The molecular weight excluding hydrogens is 250 g/mol. The van der Waals surface area contributed by atoms with Gasteiger partial charge in [-0.05, 0) is 38.0 Å². The van der Waals surface area contributed by atoms with Crippen molar-refractivity contribution in [2.75, 3.05) is 26.2 Å².